The van der Waals surface area contributed by atoms with E-state index in [0.717, 1.165) is 24.0 Å². The van der Waals surface area contributed by atoms with Crippen molar-refractivity contribution in [3.8, 4) is 0 Å². The van der Waals surface area contributed by atoms with Gasteiger partial charge in [-0.2, -0.15) is 4.31 Å². The third-order valence-corrected chi connectivity index (χ3v) is 6.27. The van der Waals surface area contributed by atoms with E-state index in [2.05, 4.69) is 12.2 Å². The molecule has 1 aromatic rings. The van der Waals surface area contributed by atoms with Crippen LogP contribution in [0.25, 0.3) is 0 Å². The molecule has 1 aliphatic heterocycles. The molecule has 1 saturated heterocycles. The van der Waals surface area contributed by atoms with Gasteiger partial charge in [0.25, 0.3) is 0 Å². The zero-order chi connectivity index (χ0) is 15.6. The fraction of sp³-hybridized carbons (Fsp3) is 0.625. The molecule has 1 heterocycles. The van der Waals surface area contributed by atoms with Gasteiger partial charge in [-0.25, -0.2) is 8.42 Å². The Hall–Kier alpha value is -0.910. The summed E-state index contributed by atoms with van der Waals surface area (Å²) in [6.07, 6.45) is 1.67. The zero-order valence-corrected chi connectivity index (χ0v) is 14.2. The van der Waals surface area contributed by atoms with Gasteiger partial charge in [0, 0.05) is 19.1 Å². The maximum absolute atomic E-state index is 13.0. The number of nitrogens with one attached hydrogen (secondary N) is 1. The minimum absolute atomic E-state index is 0.0858. The van der Waals surface area contributed by atoms with Crippen LogP contribution in [0, 0.1) is 5.92 Å². The lowest BCUT2D eigenvalue weighted by atomic mass is 10.1. The van der Waals surface area contributed by atoms with Crippen molar-refractivity contribution in [2.24, 2.45) is 5.92 Å². The van der Waals surface area contributed by atoms with Crippen molar-refractivity contribution in [1.82, 2.24) is 9.62 Å². The van der Waals surface area contributed by atoms with Gasteiger partial charge in [-0.05, 0) is 49.9 Å². The van der Waals surface area contributed by atoms with Gasteiger partial charge in [0.05, 0.1) is 4.90 Å². The first-order chi connectivity index (χ1) is 9.90. The second-order valence-electron chi connectivity index (χ2n) is 6.09. The Morgan fingerprint density at radius 3 is 2.57 bits per heavy atom. The van der Waals surface area contributed by atoms with Crippen LogP contribution in [0.5, 0.6) is 0 Å². The highest BCUT2D eigenvalue weighted by molar-refractivity contribution is 7.89. The molecule has 0 amide bonds. The summed E-state index contributed by atoms with van der Waals surface area (Å²) in [5.41, 5.74) is 1.91. The van der Waals surface area contributed by atoms with Crippen molar-refractivity contribution in [1.29, 1.82) is 0 Å². The Morgan fingerprint density at radius 1 is 1.33 bits per heavy atom. The van der Waals surface area contributed by atoms with Gasteiger partial charge in [-0.15, -0.1) is 0 Å². The Morgan fingerprint density at radius 2 is 2.05 bits per heavy atom. The van der Waals surface area contributed by atoms with E-state index < -0.39 is 10.0 Å². The van der Waals surface area contributed by atoms with Crippen LogP contribution in [0.1, 0.15) is 38.3 Å². The predicted octanol–water partition coefficient (Wildman–Crippen LogP) is 2.39. The molecule has 1 aliphatic rings. The van der Waals surface area contributed by atoms with Crippen molar-refractivity contribution < 1.29 is 8.42 Å². The van der Waals surface area contributed by atoms with Crippen LogP contribution in [0.3, 0.4) is 0 Å². The van der Waals surface area contributed by atoms with Gasteiger partial charge < -0.3 is 5.32 Å². The Bertz CT molecular complexity index is 598. The standard InChI is InChI=1S/C16H26N2O2S/c1-5-15-7-6-14(10-17-4)9-16(15)21(19,20)18-11-12(2)8-13(18)3/h6-7,9,12-13,17H,5,8,10-11H2,1-4H3. The van der Waals surface area contributed by atoms with Crippen molar-refractivity contribution >= 4 is 10.0 Å². The van der Waals surface area contributed by atoms with Crippen LogP contribution in [-0.4, -0.2) is 32.4 Å². The van der Waals surface area contributed by atoms with E-state index in [1.807, 2.05) is 39.1 Å². The molecule has 5 heteroatoms. The predicted molar refractivity (Wildman–Crippen MR) is 85.7 cm³/mol. The van der Waals surface area contributed by atoms with Crippen LogP contribution in [0.15, 0.2) is 23.1 Å². The monoisotopic (exact) mass is 310 g/mol. The largest absolute Gasteiger partial charge is 0.316 e. The lowest BCUT2D eigenvalue weighted by Crippen LogP contribution is -2.34. The van der Waals surface area contributed by atoms with Crippen LogP contribution >= 0.6 is 0 Å². The van der Waals surface area contributed by atoms with E-state index in [4.69, 9.17) is 0 Å². The molecule has 1 aromatic carbocycles. The summed E-state index contributed by atoms with van der Waals surface area (Å²) in [6, 6.07) is 5.87. The van der Waals surface area contributed by atoms with Gasteiger partial charge >= 0.3 is 0 Å². The van der Waals surface area contributed by atoms with Crippen LogP contribution in [-0.2, 0) is 23.0 Å². The molecule has 0 spiro atoms. The highest BCUT2D eigenvalue weighted by Crippen LogP contribution is 2.31. The van der Waals surface area contributed by atoms with E-state index in [0.29, 0.717) is 23.9 Å². The topological polar surface area (TPSA) is 49.4 Å². The number of nitrogens with zero attached hydrogens (tertiary/aromatic N) is 1. The van der Waals surface area contributed by atoms with Crippen molar-refractivity contribution in [3.05, 3.63) is 29.3 Å². The van der Waals surface area contributed by atoms with Crippen LogP contribution in [0.2, 0.25) is 0 Å². The number of benzene rings is 1. The smallest absolute Gasteiger partial charge is 0.243 e. The summed E-state index contributed by atoms with van der Waals surface area (Å²) in [5, 5.41) is 3.08. The summed E-state index contributed by atoms with van der Waals surface area (Å²) in [6.45, 7) is 7.43. The summed E-state index contributed by atoms with van der Waals surface area (Å²) >= 11 is 0. The van der Waals surface area contributed by atoms with Crippen LogP contribution < -0.4 is 5.32 Å². The fourth-order valence-electron chi connectivity index (χ4n) is 3.17. The summed E-state index contributed by atoms with van der Waals surface area (Å²) < 4.78 is 27.7. The fourth-order valence-corrected chi connectivity index (χ4v) is 5.28. The maximum Gasteiger partial charge on any atom is 0.243 e. The van der Waals surface area contributed by atoms with Gasteiger partial charge in [0.15, 0.2) is 0 Å². The third-order valence-electron chi connectivity index (χ3n) is 4.21. The molecule has 1 N–H and O–H groups in total. The number of rotatable bonds is 5. The second-order valence-corrected chi connectivity index (χ2v) is 7.95. The lowest BCUT2D eigenvalue weighted by molar-refractivity contribution is 0.405. The van der Waals surface area contributed by atoms with E-state index in [-0.39, 0.29) is 6.04 Å². The van der Waals surface area contributed by atoms with Crippen molar-refractivity contribution in [3.63, 3.8) is 0 Å². The highest BCUT2D eigenvalue weighted by Gasteiger charge is 2.36. The highest BCUT2D eigenvalue weighted by atomic mass is 32.2. The normalized spacial score (nSPS) is 23.6. The van der Waals surface area contributed by atoms with E-state index >= 15 is 0 Å². The number of sulfonamides is 1. The molecule has 0 radical (unpaired) electrons. The number of hydrogen-bond donors (Lipinski definition) is 1. The molecule has 2 rings (SSSR count). The molecule has 118 valence electrons. The molecular weight excluding hydrogens is 284 g/mol. The first kappa shape index (κ1) is 16.5. The second kappa shape index (κ2) is 6.46. The Kier molecular flexibility index (Phi) is 5.07. The van der Waals surface area contributed by atoms with E-state index in [9.17, 15) is 8.42 Å². The average molecular weight is 310 g/mol. The minimum atomic E-state index is -3.40. The van der Waals surface area contributed by atoms with E-state index in [1.54, 1.807) is 4.31 Å². The SMILES string of the molecule is CCc1ccc(CNC)cc1S(=O)(=O)N1CC(C)CC1C. The summed E-state index contributed by atoms with van der Waals surface area (Å²) in [5.74, 6) is 0.431. The quantitative estimate of drug-likeness (QED) is 0.908. The molecule has 1 fully saturated rings. The molecule has 2 atom stereocenters. The van der Waals surface area contributed by atoms with E-state index in [1.165, 1.54) is 0 Å². The number of aryl methyl sites for hydroxylation is 1. The summed E-state index contributed by atoms with van der Waals surface area (Å²) in [7, 11) is -1.53. The minimum Gasteiger partial charge on any atom is -0.316 e. The molecule has 2 unspecified atom stereocenters. The molecule has 4 nitrogen and oxygen atoms in total. The lowest BCUT2D eigenvalue weighted by Gasteiger charge is -2.23. The molecule has 0 aromatic heterocycles. The molecule has 21 heavy (non-hydrogen) atoms. The molecule has 0 saturated carbocycles. The average Bonchev–Trinajstić information content (AvgIpc) is 2.79. The zero-order valence-electron chi connectivity index (χ0n) is 13.4. The molecule has 0 bridgehead atoms. The number of hydrogen-bond acceptors (Lipinski definition) is 3. The third kappa shape index (κ3) is 3.30. The first-order valence-electron chi connectivity index (χ1n) is 7.68. The Balaban J connectivity index is 2.45. The first-order valence-corrected chi connectivity index (χ1v) is 9.12. The maximum atomic E-state index is 13.0. The molecular formula is C16H26N2O2S. The van der Waals surface area contributed by atoms with Crippen molar-refractivity contribution in [2.45, 2.75) is 51.1 Å². The van der Waals surface area contributed by atoms with Gasteiger partial charge in [-0.3, -0.25) is 0 Å². The molecule has 0 aliphatic carbocycles. The Labute approximate surface area is 128 Å². The van der Waals surface area contributed by atoms with Crippen molar-refractivity contribution in [2.75, 3.05) is 13.6 Å². The van der Waals surface area contributed by atoms with Gasteiger partial charge in [0.2, 0.25) is 10.0 Å². The van der Waals surface area contributed by atoms with Crippen LogP contribution in [0.4, 0.5) is 0 Å². The van der Waals surface area contributed by atoms with Gasteiger partial charge in [0.1, 0.15) is 0 Å². The van der Waals surface area contributed by atoms with Gasteiger partial charge in [-0.1, -0.05) is 26.0 Å². The summed E-state index contributed by atoms with van der Waals surface area (Å²) in [4.78, 5) is 0.485.